The molecule has 1 aliphatic carbocycles. The molecule has 1 saturated carbocycles. The van der Waals surface area contributed by atoms with Crippen LogP contribution in [0.3, 0.4) is 0 Å². The van der Waals surface area contributed by atoms with E-state index in [2.05, 4.69) is 16.0 Å². The predicted molar refractivity (Wildman–Crippen MR) is 359 cm³/mol. The molecule has 98 heavy (non-hydrogen) atoms. The first-order chi connectivity index (χ1) is 46.1. The highest BCUT2D eigenvalue weighted by Gasteiger charge is 2.52. The maximum absolute atomic E-state index is 15.5. The largest absolute Gasteiger partial charge is 0.417 e. The Kier molecular flexibility index (Phi) is 28.4. The zero-order valence-corrected chi connectivity index (χ0v) is 60.5. The normalized spacial score (nSPS) is 27.2. The lowest BCUT2D eigenvalue weighted by molar-refractivity contribution is -0.161. The molecule has 0 aromatic heterocycles. The molecule has 1 aromatic carbocycles. The van der Waals surface area contributed by atoms with E-state index >= 15 is 19.2 Å². The van der Waals surface area contributed by atoms with Crippen LogP contribution in [0.25, 0.3) is 0 Å². The van der Waals surface area contributed by atoms with Crippen LogP contribution in [0.15, 0.2) is 18.2 Å². The van der Waals surface area contributed by atoms with E-state index in [9.17, 15) is 51.5 Å². The second kappa shape index (κ2) is 34.8. The number of carbonyl (C=O) groups excluding carboxylic acids is 12. The number of hydrogen-bond donors (Lipinski definition) is 3. The van der Waals surface area contributed by atoms with Gasteiger partial charge in [-0.15, -0.1) is 0 Å². The van der Waals surface area contributed by atoms with Gasteiger partial charge >= 0.3 is 6.18 Å². The number of alkyl halides is 3. The molecule has 5 aliphatic rings. The number of likely N-dealkylation sites (tertiary alicyclic amines) is 1. The van der Waals surface area contributed by atoms with Gasteiger partial charge in [-0.05, 0) is 113 Å². The highest BCUT2D eigenvalue weighted by Crippen LogP contribution is 2.37. The lowest BCUT2D eigenvalue weighted by Gasteiger charge is -2.45. The number of nitrogens with one attached hydrogen (secondary N) is 3. The summed E-state index contributed by atoms with van der Waals surface area (Å²) in [6.45, 7) is 14.3. The first-order valence-corrected chi connectivity index (χ1v) is 35.3. The Bertz CT molecular complexity index is 3070. The molecule has 5 fully saturated rings. The van der Waals surface area contributed by atoms with Gasteiger partial charge in [0.1, 0.15) is 59.9 Å². The standard InChI is InChI=1S/C69H106ClF3N12O13/c1-15-35-98-40-53-62(92)77(9)39-54(86)74-48(27-25-45-24-26-46(47(70)37-45)69(71,72)73)61(91)84-33-22-23-49(84)59(89)76-68(29-18-19-30-68)67(97)82(14)57(43(7)17-3)66(96)80(12)52(64(94)83-31-20-21-32-83)38-55(87)79(11)51(36-41(4)5)58(88)75-56(42(6)16-2)65(95)78(10)44(8)60(90)85-34-28-50(85)63(93)81(53)13/h24,26,37,41-44,48-53,56-57H,15-23,25,27-36,38-40H2,1-14H3,(H,74,86)(H,75,88)(H,76,89)/t42-,43-,44-,48-,49-,50-,51-,52-,53-,56-,57-/m0/s1. The molecule has 12 amide bonds. The van der Waals surface area contributed by atoms with Crippen molar-refractivity contribution in [3.8, 4) is 0 Å². The van der Waals surface area contributed by atoms with E-state index in [-0.39, 0.29) is 82.7 Å². The van der Waals surface area contributed by atoms with Crippen molar-refractivity contribution in [1.29, 1.82) is 0 Å². The van der Waals surface area contributed by atoms with Gasteiger partial charge in [0.2, 0.25) is 70.9 Å². The maximum atomic E-state index is 15.5. The molecule has 29 heteroatoms. The Hall–Kier alpha value is -7.10. The van der Waals surface area contributed by atoms with Crippen molar-refractivity contribution in [3.63, 3.8) is 0 Å². The number of fused-ring (bicyclic) bond motifs is 2. The molecule has 0 radical (unpaired) electrons. The Morgan fingerprint density at radius 1 is 0.673 bits per heavy atom. The van der Waals surface area contributed by atoms with Crippen LogP contribution >= 0.6 is 11.6 Å². The topological polar surface area (TPSA) is 279 Å². The number of benzene rings is 1. The molecule has 4 aliphatic heterocycles. The summed E-state index contributed by atoms with van der Waals surface area (Å²) < 4.78 is 47.3. The van der Waals surface area contributed by atoms with Crippen LogP contribution in [0.2, 0.25) is 5.02 Å². The van der Waals surface area contributed by atoms with Crippen molar-refractivity contribution in [2.45, 2.75) is 224 Å². The van der Waals surface area contributed by atoms with Gasteiger partial charge in [-0.3, -0.25) is 57.5 Å². The zero-order valence-electron chi connectivity index (χ0n) is 59.8. The van der Waals surface area contributed by atoms with Gasteiger partial charge in [0.15, 0.2) is 0 Å². The minimum Gasteiger partial charge on any atom is -0.379 e. The van der Waals surface area contributed by atoms with E-state index in [1.807, 2.05) is 34.6 Å². The number of likely N-dealkylation sites (N-methyl/N-ethyl adjacent to an activating group) is 6. The van der Waals surface area contributed by atoms with Crippen LogP contribution < -0.4 is 16.0 Å². The smallest absolute Gasteiger partial charge is 0.379 e. The number of halogens is 4. The van der Waals surface area contributed by atoms with Crippen molar-refractivity contribution in [2.24, 2.45) is 17.8 Å². The van der Waals surface area contributed by atoms with E-state index in [0.717, 1.165) is 21.9 Å². The zero-order chi connectivity index (χ0) is 73.0. The van der Waals surface area contributed by atoms with Crippen molar-refractivity contribution in [1.82, 2.24) is 60.0 Å². The fourth-order valence-electron chi connectivity index (χ4n) is 14.0. The number of rotatable bonds is 14. The summed E-state index contributed by atoms with van der Waals surface area (Å²) in [5.74, 6) is -9.33. The quantitative estimate of drug-likeness (QED) is 0.217. The lowest BCUT2D eigenvalue weighted by Crippen LogP contribution is -2.65. The van der Waals surface area contributed by atoms with Crippen molar-refractivity contribution < 1.29 is 75.4 Å². The highest BCUT2D eigenvalue weighted by atomic mass is 35.5. The van der Waals surface area contributed by atoms with E-state index < -0.39 is 172 Å². The summed E-state index contributed by atoms with van der Waals surface area (Å²) in [5.41, 5.74) is -2.39. The highest BCUT2D eigenvalue weighted by molar-refractivity contribution is 6.31. The monoisotopic (exact) mass is 1400 g/mol. The predicted octanol–water partition coefficient (Wildman–Crippen LogP) is 4.49. The molecule has 548 valence electrons. The Balaban J connectivity index is 1.43. The van der Waals surface area contributed by atoms with Gasteiger partial charge in [0.05, 0.1) is 30.2 Å². The van der Waals surface area contributed by atoms with Crippen LogP contribution in [0.4, 0.5) is 13.2 Å². The average molecular weight is 1400 g/mol. The SMILES string of the molecule is CCCOC[C@H]1C(=O)N(C)CC(=O)N[C@@H](CCc2ccc(C(F)(F)F)c(Cl)c2)C(=O)N2CCC[C@H]2C(=O)NC2(CCCC2)C(=O)N(C)[C@@H]([C@@H](C)CC)C(=O)N(C)[C@H](C(=O)N2CCCC2)CC(=O)N(C)[C@@H](CC(C)C)C(=O)N[C@@H]([C@@H](C)CC)C(=O)N(C)[C@@H](C)C(=O)N2CC[C@H]2C(=O)N1C. The second-order valence-corrected chi connectivity index (χ2v) is 28.5. The third-order valence-electron chi connectivity index (χ3n) is 20.8. The molecule has 6 rings (SSSR count). The molecular weight excluding hydrogens is 1300 g/mol. The maximum Gasteiger partial charge on any atom is 0.417 e. The van der Waals surface area contributed by atoms with Crippen LogP contribution in [0.5, 0.6) is 0 Å². The minimum atomic E-state index is -4.77. The van der Waals surface area contributed by atoms with E-state index in [0.29, 0.717) is 64.5 Å². The molecule has 4 saturated heterocycles. The fraction of sp³-hybridized carbons (Fsp3) is 0.739. The molecule has 0 unspecified atom stereocenters. The Labute approximate surface area is 580 Å². The van der Waals surface area contributed by atoms with Crippen molar-refractivity contribution >= 4 is 82.5 Å². The number of hydrogen-bond acceptors (Lipinski definition) is 13. The van der Waals surface area contributed by atoms with E-state index in [1.54, 1.807) is 18.7 Å². The number of amides is 12. The summed E-state index contributed by atoms with van der Waals surface area (Å²) in [4.78, 5) is 190. The molecule has 0 bridgehead atoms. The average Bonchev–Trinajstić information content (AvgIpc) is 1.32. The molecule has 11 atom stereocenters. The van der Waals surface area contributed by atoms with Gasteiger partial charge < -0.3 is 64.8 Å². The summed E-state index contributed by atoms with van der Waals surface area (Å²) in [5, 5.41) is 8.06. The van der Waals surface area contributed by atoms with Gasteiger partial charge in [-0.25, -0.2) is 0 Å². The van der Waals surface area contributed by atoms with Crippen molar-refractivity contribution in [2.75, 3.05) is 88.2 Å². The Morgan fingerprint density at radius 2 is 1.31 bits per heavy atom. The van der Waals surface area contributed by atoms with E-state index in [4.69, 9.17) is 16.3 Å². The molecule has 4 heterocycles. The third-order valence-corrected chi connectivity index (χ3v) is 21.1. The van der Waals surface area contributed by atoms with Crippen LogP contribution in [-0.2, 0) is 74.9 Å². The number of ether oxygens (including phenoxy) is 1. The molecular formula is C69H106ClF3N12O13. The Morgan fingerprint density at radius 3 is 1.88 bits per heavy atom. The van der Waals surface area contributed by atoms with Crippen LogP contribution in [0, 0.1) is 17.8 Å². The first kappa shape index (κ1) is 79.9. The van der Waals surface area contributed by atoms with Gasteiger partial charge in [-0.1, -0.05) is 91.8 Å². The molecule has 1 aromatic rings. The minimum absolute atomic E-state index is 0.0169. The molecule has 1 spiro atoms. The fourth-order valence-corrected chi connectivity index (χ4v) is 14.3. The number of carbonyl (C=O) groups is 12. The summed E-state index contributed by atoms with van der Waals surface area (Å²) in [7, 11) is 8.37. The van der Waals surface area contributed by atoms with Crippen molar-refractivity contribution in [3.05, 3.63) is 34.3 Å². The number of nitrogens with zero attached hydrogens (tertiary/aromatic N) is 9. The second-order valence-electron chi connectivity index (χ2n) is 28.1. The number of aryl methyl sites for hydroxylation is 1. The molecule has 3 N–H and O–H groups in total. The van der Waals surface area contributed by atoms with Gasteiger partial charge in [-0.2, -0.15) is 13.2 Å². The van der Waals surface area contributed by atoms with E-state index in [1.165, 1.54) is 84.7 Å². The summed E-state index contributed by atoms with van der Waals surface area (Å²) in [6, 6.07) is -8.28. The van der Waals surface area contributed by atoms with Crippen LogP contribution in [0.1, 0.15) is 163 Å². The molecule has 25 nitrogen and oxygen atoms in total. The van der Waals surface area contributed by atoms with Crippen LogP contribution in [-0.4, -0.2) is 263 Å². The summed E-state index contributed by atoms with van der Waals surface area (Å²) in [6.07, 6.45) is -0.983. The third kappa shape index (κ3) is 18.7. The van der Waals surface area contributed by atoms with Gasteiger partial charge in [0, 0.05) is 75.1 Å². The summed E-state index contributed by atoms with van der Waals surface area (Å²) >= 11 is 6.13. The lowest BCUT2D eigenvalue weighted by atomic mass is 9.90. The first-order valence-electron chi connectivity index (χ1n) is 34.9. The van der Waals surface area contributed by atoms with Gasteiger partial charge in [0.25, 0.3) is 0 Å².